The predicted octanol–water partition coefficient (Wildman–Crippen LogP) is 3.26. The third-order valence-corrected chi connectivity index (χ3v) is 3.18. The molecule has 0 aromatic heterocycles. The first-order valence-corrected chi connectivity index (χ1v) is 7.11. The zero-order chi connectivity index (χ0) is 15.1. The van der Waals surface area contributed by atoms with Gasteiger partial charge in [-0.3, -0.25) is 0 Å². The van der Waals surface area contributed by atoms with Crippen LogP contribution in [0.5, 0.6) is 11.5 Å². The summed E-state index contributed by atoms with van der Waals surface area (Å²) in [7, 11) is 0. The minimum Gasteiger partial charge on any atom is -0.454 e. The monoisotopic (exact) mass is 289 g/mol. The predicted molar refractivity (Wildman–Crippen MR) is 81.1 cm³/mol. The van der Waals surface area contributed by atoms with Gasteiger partial charge in [-0.25, -0.2) is 4.39 Å². The van der Waals surface area contributed by atoms with E-state index >= 15 is 0 Å². The summed E-state index contributed by atoms with van der Waals surface area (Å²) in [6, 6.07) is 12.3. The van der Waals surface area contributed by atoms with E-state index in [9.17, 15) is 4.39 Å². The third-order valence-electron chi connectivity index (χ3n) is 3.18. The van der Waals surface area contributed by atoms with Gasteiger partial charge in [-0.15, -0.1) is 0 Å². The van der Waals surface area contributed by atoms with E-state index in [0.717, 1.165) is 17.7 Å². The first-order valence-electron chi connectivity index (χ1n) is 7.11. The largest absolute Gasteiger partial charge is 0.454 e. The number of benzene rings is 2. The van der Waals surface area contributed by atoms with E-state index < -0.39 is 0 Å². The summed E-state index contributed by atoms with van der Waals surface area (Å²) in [6.07, 6.45) is 0.479. The Hall–Kier alpha value is -1.91. The van der Waals surface area contributed by atoms with Crippen molar-refractivity contribution >= 4 is 0 Å². The summed E-state index contributed by atoms with van der Waals surface area (Å²) in [5.41, 5.74) is 1.63. The maximum atomic E-state index is 14.1. The average Bonchev–Trinajstić information content (AvgIpc) is 2.50. The number of aliphatic hydroxyl groups excluding tert-OH is 1. The zero-order valence-electron chi connectivity index (χ0n) is 12.1. The zero-order valence-corrected chi connectivity index (χ0v) is 12.1. The Morgan fingerprint density at radius 2 is 1.86 bits per heavy atom. The molecular formula is C17H20FNO2. The van der Waals surface area contributed by atoms with Gasteiger partial charge >= 0.3 is 0 Å². The molecule has 0 saturated carbocycles. The lowest BCUT2D eigenvalue weighted by Gasteiger charge is -2.15. The van der Waals surface area contributed by atoms with E-state index in [1.54, 1.807) is 12.1 Å². The van der Waals surface area contributed by atoms with Gasteiger partial charge in [0.15, 0.2) is 11.6 Å². The van der Waals surface area contributed by atoms with Crippen molar-refractivity contribution in [3.05, 3.63) is 59.4 Å². The number of halogens is 1. The molecule has 4 heteroatoms. The van der Waals surface area contributed by atoms with Crippen LogP contribution >= 0.6 is 0 Å². The van der Waals surface area contributed by atoms with Crippen LogP contribution < -0.4 is 10.1 Å². The van der Waals surface area contributed by atoms with E-state index in [0.29, 0.717) is 18.7 Å². The van der Waals surface area contributed by atoms with Gasteiger partial charge in [0.25, 0.3) is 0 Å². The lowest BCUT2D eigenvalue weighted by molar-refractivity contribution is 0.297. The highest BCUT2D eigenvalue weighted by Crippen LogP contribution is 2.30. The fourth-order valence-corrected chi connectivity index (χ4v) is 2.11. The number of nitrogens with one attached hydrogen (secondary N) is 1. The van der Waals surface area contributed by atoms with Crippen LogP contribution in [0, 0.1) is 5.82 Å². The van der Waals surface area contributed by atoms with E-state index in [1.807, 2.05) is 31.2 Å². The summed E-state index contributed by atoms with van der Waals surface area (Å²) in [5, 5.41) is 12.3. The third kappa shape index (κ3) is 4.03. The Labute approximate surface area is 124 Å². The van der Waals surface area contributed by atoms with Crippen LogP contribution in [0.3, 0.4) is 0 Å². The molecule has 0 saturated heterocycles. The van der Waals surface area contributed by atoms with Gasteiger partial charge in [0.05, 0.1) is 0 Å². The Balaban J connectivity index is 2.30. The summed E-state index contributed by atoms with van der Waals surface area (Å²) in [6.45, 7) is 3.38. The van der Waals surface area contributed by atoms with Gasteiger partial charge in [0, 0.05) is 18.7 Å². The van der Waals surface area contributed by atoms with Crippen molar-refractivity contribution in [1.82, 2.24) is 5.32 Å². The molecule has 2 aromatic carbocycles. The highest BCUT2D eigenvalue weighted by atomic mass is 19.1. The van der Waals surface area contributed by atoms with Crippen LogP contribution in [-0.2, 0) is 13.0 Å². The van der Waals surface area contributed by atoms with E-state index in [4.69, 9.17) is 9.84 Å². The minimum atomic E-state index is -0.385. The minimum absolute atomic E-state index is 0.0297. The Bertz CT molecular complexity index is 587. The van der Waals surface area contributed by atoms with E-state index in [2.05, 4.69) is 5.32 Å². The van der Waals surface area contributed by atoms with Crippen molar-refractivity contribution in [3.8, 4) is 11.5 Å². The molecule has 0 fully saturated rings. The maximum absolute atomic E-state index is 14.1. The van der Waals surface area contributed by atoms with Crippen molar-refractivity contribution in [1.29, 1.82) is 0 Å². The highest BCUT2D eigenvalue weighted by Gasteiger charge is 2.12. The molecule has 0 atom stereocenters. The molecule has 0 amide bonds. The molecule has 0 aliphatic rings. The second-order valence-corrected chi connectivity index (χ2v) is 4.69. The lowest BCUT2D eigenvalue weighted by Crippen LogP contribution is -2.13. The summed E-state index contributed by atoms with van der Waals surface area (Å²) >= 11 is 0. The molecule has 2 aromatic rings. The molecule has 0 unspecified atom stereocenters. The van der Waals surface area contributed by atoms with Crippen molar-refractivity contribution in [3.63, 3.8) is 0 Å². The highest BCUT2D eigenvalue weighted by molar-refractivity contribution is 5.42. The smallest absolute Gasteiger partial charge is 0.167 e. The number of hydrogen-bond donors (Lipinski definition) is 2. The van der Waals surface area contributed by atoms with Crippen LogP contribution in [0.2, 0.25) is 0 Å². The van der Waals surface area contributed by atoms with Crippen LogP contribution in [-0.4, -0.2) is 18.3 Å². The molecule has 0 bridgehead atoms. The Morgan fingerprint density at radius 1 is 1.10 bits per heavy atom. The molecule has 0 radical (unpaired) electrons. The average molecular weight is 289 g/mol. The molecule has 2 N–H and O–H groups in total. The fourth-order valence-electron chi connectivity index (χ4n) is 2.11. The van der Waals surface area contributed by atoms with Gasteiger partial charge in [-0.2, -0.15) is 0 Å². The summed E-state index contributed by atoms with van der Waals surface area (Å²) < 4.78 is 19.9. The lowest BCUT2D eigenvalue weighted by atomic mass is 10.1. The molecule has 3 nitrogen and oxygen atoms in total. The van der Waals surface area contributed by atoms with Crippen molar-refractivity contribution in [2.24, 2.45) is 0 Å². The van der Waals surface area contributed by atoms with Gasteiger partial charge in [0.1, 0.15) is 5.75 Å². The standard InChI is InChI=1S/C17H20FNO2/c1-2-19-12-14-7-5-8-15(18)17(14)21-16-9-4-3-6-13(16)10-11-20/h3-9,19-20H,2,10-12H2,1H3. The molecule has 0 aliphatic heterocycles. The number of rotatable bonds is 7. The van der Waals surface area contributed by atoms with E-state index in [-0.39, 0.29) is 18.2 Å². The summed E-state index contributed by atoms with van der Waals surface area (Å²) in [4.78, 5) is 0. The molecule has 2 rings (SSSR count). The number of para-hydroxylation sites is 2. The quantitative estimate of drug-likeness (QED) is 0.822. The van der Waals surface area contributed by atoms with Gasteiger partial charge in [-0.05, 0) is 30.7 Å². The molecule has 112 valence electrons. The van der Waals surface area contributed by atoms with Gasteiger partial charge in [-0.1, -0.05) is 37.3 Å². The molecular weight excluding hydrogens is 269 g/mol. The normalized spacial score (nSPS) is 10.6. The number of ether oxygens (including phenoxy) is 1. The van der Waals surface area contributed by atoms with Crippen LogP contribution in [0.1, 0.15) is 18.1 Å². The van der Waals surface area contributed by atoms with Gasteiger partial charge < -0.3 is 15.2 Å². The number of hydrogen-bond acceptors (Lipinski definition) is 3. The first kappa shape index (κ1) is 15.5. The number of aliphatic hydroxyl groups is 1. The SMILES string of the molecule is CCNCc1cccc(F)c1Oc1ccccc1CCO. The second-order valence-electron chi connectivity index (χ2n) is 4.69. The Morgan fingerprint density at radius 3 is 2.62 bits per heavy atom. The Kier molecular flexibility index (Phi) is 5.72. The second kappa shape index (κ2) is 7.76. The molecule has 0 heterocycles. The first-order chi connectivity index (χ1) is 10.3. The fraction of sp³-hybridized carbons (Fsp3) is 0.294. The summed E-state index contributed by atoms with van der Waals surface area (Å²) in [5.74, 6) is 0.433. The van der Waals surface area contributed by atoms with Crippen LogP contribution in [0.15, 0.2) is 42.5 Å². The van der Waals surface area contributed by atoms with E-state index in [1.165, 1.54) is 6.07 Å². The van der Waals surface area contributed by atoms with Crippen molar-refractivity contribution < 1.29 is 14.2 Å². The van der Waals surface area contributed by atoms with Gasteiger partial charge in [0.2, 0.25) is 0 Å². The van der Waals surface area contributed by atoms with Crippen molar-refractivity contribution in [2.75, 3.05) is 13.2 Å². The maximum Gasteiger partial charge on any atom is 0.167 e. The van der Waals surface area contributed by atoms with Crippen LogP contribution in [0.4, 0.5) is 4.39 Å². The molecule has 21 heavy (non-hydrogen) atoms. The molecule has 0 spiro atoms. The topological polar surface area (TPSA) is 41.5 Å². The van der Waals surface area contributed by atoms with Crippen molar-refractivity contribution in [2.45, 2.75) is 19.9 Å². The molecule has 0 aliphatic carbocycles. The van der Waals surface area contributed by atoms with Crippen LogP contribution in [0.25, 0.3) is 0 Å².